The maximum Gasteiger partial charge on any atom is 0.227 e. The van der Waals surface area contributed by atoms with Crippen molar-refractivity contribution in [3.63, 3.8) is 0 Å². The summed E-state index contributed by atoms with van der Waals surface area (Å²) in [5.74, 6) is -2.18. The molecule has 0 unspecified atom stereocenters. The molecule has 2 saturated carbocycles. The average molecular weight is 393 g/mol. The maximum atomic E-state index is 12.4. The first-order valence-corrected chi connectivity index (χ1v) is 10.4. The highest BCUT2D eigenvalue weighted by atomic mass is 16.6. The van der Waals surface area contributed by atoms with E-state index in [-0.39, 0.29) is 10.8 Å². The summed E-state index contributed by atoms with van der Waals surface area (Å²) in [6.07, 6.45) is 3.74. The van der Waals surface area contributed by atoms with E-state index < -0.39 is 29.4 Å². The van der Waals surface area contributed by atoms with E-state index in [4.69, 9.17) is 0 Å². The van der Waals surface area contributed by atoms with E-state index in [0.717, 1.165) is 35.8 Å². The van der Waals surface area contributed by atoms with Gasteiger partial charge in [0.05, 0.1) is 23.4 Å². The number of nitrogens with zero attached hydrogens (tertiary/aromatic N) is 1. The Labute approximate surface area is 170 Å². The van der Waals surface area contributed by atoms with Crippen LogP contribution >= 0.6 is 0 Å². The van der Waals surface area contributed by atoms with Gasteiger partial charge in [0.15, 0.2) is 0 Å². The summed E-state index contributed by atoms with van der Waals surface area (Å²) in [6.45, 7) is 1.99. The van der Waals surface area contributed by atoms with E-state index in [2.05, 4.69) is 0 Å². The molecule has 152 valence electrons. The molecule has 4 rings (SSSR count). The number of carbonyl (C=O) groups excluding carboxylic acids is 1. The van der Waals surface area contributed by atoms with E-state index >= 15 is 0 Å². The van der Waals surface area contributed by atoms with Gasteiger partial charge in [-0.3, -0.25) is 10.1 Å². The smallest absolute Gasteiger partial charge is 0.227 e. The molecule has 1 N–H and O–H groups in total. The molecule has 5 nitrogen and oxygen atoms in total. The van der Waals surface area contributed by atoms with Gasteiger partial charge < -0.3 is 9.90 Å². The van der Waals surface area contributed by atoms with Gasteiger partial charge >= 0.3 is 0 Å². The van der Waals surface area contributed by atoms with E-state index in [1.165, 1.54) is 0 Å². The standard InChI is InChI=1S/C24H27NO4/c1-16-10-12-18(13-11-16)21-19-9-5-6-14-24(19,27)20(15-26)22(23(21)25(28)29)17-7-3-2-4-8-17/h2-4,7-8,10-13,15,19-23,27H,5-6,9,14H2,1H3/t19-,20+,21-,22+,23-,24-/m0/s1. The van der Waals surface area contributed by atoms with Crippen molar-refractivity contribution in [2.24, 2.45) is 11.8 Å². The van der Waals surface area contributed by atoms with Crippen molar-refractivity contribution in [1.82, 2.24) is 0 Å². The first kappa shape index (κ1) is 19.8. The normalized spacial score (nSPS) is 34.2. The Kier molecular flexibility index (Phi) is 5.26. The molecule has 0 aliphatic heterocycles. The zero-order valence-corrected chi connectivity index (χ0v) is 16.6. The summed E-state index contributed by atoms with van der Waals surface area (Å²) in [5, 5.41) is 24.3. The molecule has 0 amide bonds. The number of hydrogen-bond acceptors (Lipinski definition) is 4. The molecule has 2 aliphatic rings. The summed E-state index contributed by atoms with van der Waals surface area (Å²) in [4.78, 5) is 24.5. The lowest BCUT2D eigenvalue weighted by atomic mass is 9.51. The quantitative estimate of drug-likeness (QED) is 0.478. The van der Waals surface area contributed by atoms with E-state index in [0.29, 0.717) is 12.8 Å². The van der Waals surface area contributed by atoms with Crippen LogP contribution in [-0.2, 0) is 4.79 Å². The second-order valence-corrected chi connectivity index (χ2v) is 8.65. The monoisotopic (exact) mass is 393 g/mol. The van der Waals surface area contributed by atoms with Crippen LogP contribution in [0.1, 0.15) is 54.2 Å². The molecule has 0 bridgehead atoms. The van der Waals surface area contributed by atoms with Crippen molar-refractivity contribution >= 4 is 6.29 Å². The summed E-state index contributed by atoms with van der Waals surface area (Å²) in [5.41, 5.74) is 1.50. The number of fused-ring (bicyclic) bond motifs is 1. The number of aldehydes is 1. The van der Waals surface area contributed by atoms with Crippen molar-refractivity contribution < 1.29 is 14.8 Å². The first-order chi connectivity index (χ1) is 14.0. The SMILES string of the molecule is Cc1ccc([C@@H]2[C@H]([N+](=O)[O-])[C@H](c3ccccc3)[C@@H](C=O)[C@]3(O)CCCC[C@@H]23)cc1. The van der Waals surface area contributed by atoms with Crippen molar-refractivity contribution in [2.75, 3.05) is 0 Å². The summed E-state index contributed by atoms with van der Waals surface area (Å²) >= 11 is 0. The minimum absolute atomic E-state index is 0.215. The first-order valence-electron chi connectivity index (χ1n) is 10.4. The second kappa shape index (κ2) is 7.71. The number of aryl methyl sites for hydroxylation is 1. The number of aliphatic hydroxyl groups is 1. The van der Waals surface area contributed by atoms with Gasteiger partial charge in [-0.1, -0.05) is 73.0 Å². The molecule has 0 radical (unpaired) electrons. The van der Waals surface area contributed by atoms with Gasteiger partial charge in [0.2, 0.25) is 6.04 Å². The third-order valence-corrected chi connectivity index (χ3v) is 7.15. The summed E-state index contributed by atoms with van der Waals surface area (Å²) < 4.78 is 0. The predicted molar refractivity (Wildman–Crippen MR) is 110 cm³/mol. The summed E-state index contributed by atoms with van der Waals surface area (Å²) in [7, 11) is 0. The van der Waals surface area contributed by atoms with Crippen molar-refractivity contribution in [1.29, 1.82) is 0 Å². The maximum absolute atomic E-state index is 12.4. The lowest BCUT2D eigenvalue weighted by Crippen LogP contribution is -2.61. The molecule has 0 heterocycles. The molecule has 0 aromatic heterocycles. The molecule has 2 fully saturated rings. The fraction of sp³-hybridized carbons (Fsp3) is 0.458. The van der Waals surface area contributed by atoms with Crippen LogP contribution in [0.15, 0.2) is 54.6 Å². The molecule has 0 spiro atoms. The third-order valence-electron chi connectivity index (χ3n) is 7.15. The summed E-state index contributed by atoms with van der Waals surface area (Å²) in [6, 6.07) is 16.1. The minimum Gasteiger partial charge on any atom is -0.389 e. The van der Waals surface area contributed by atoms with Crippen LogP contribution in [-0.4, -0.2) is 28.0 Å². The van der Waals surface area contributed by atoms with Crippen LogP contribution < -0.4 is 0 Å². The van der Waals surface area contributed by atoms with Crippen LogP contribution in [0, 0.1) is 28.9 Å². The zero-order valence-electron chi connectivity index (χ0n) is 16.6. The third kappa shape index (κ3) is 3.27. The van der Waals surface area contributed by atoms with Crippen molar-refractivity contribution in [3.8, 4) is 0 Å². The van der Waals surface area contributed by atoms with Crippen molar-refractivity contribution in [3.05, 3.63) is 81.4 Å². The van der Waals surface area contributed by atoms with E-state index in [9.17, 15) is 20.0 Å². The van der Waals surface area contributed by atoms with Crippen LogP contribution in [0.4, 0.5) is 0 Å². The highest BCUT2D eigenvalue weighted by molar-refractivity contribution is 5.60. The highest BCUT2D eigenvalue weighted by Crippen LogP contribution is 2.58. The Hall–Kier alpha value is -2.53. The lowest BCUT2D eigenvalue weighted by molar-refractivity contribution is -0.541. The molecule has 6 atom stereocenters. The van der Waals surface area contributed by atoms with Crippen LogP contribution in [0.25, 0.3) is 0 Å². The van der Waals surface area contributed by atoms with Gasteiger partial charge in [-0.05, 0) is 30.9 Å². The largest absolute Gasteiger partial charge is 0.389 e. The van der Waals surface area contributed by atoms with Gasteiger partial charge in [-0.2, -0.15) is 0 Å². The van der Waals surface area contributed by atoms with Gasteiger partial charge in [-0.15, -0.1) is 0 Å². The Balaban J connectivity index is 1.93. The van der Waals surface area contributed by atoms with Gasteiger partial charge in [0.1, 0.15) is 6.29 Å². The average Bonchev–Trinajstić information content (AvgIpc) is 2.73. The van der Waals surface area contributed by atoms with E-state index in [1.54, 1.807) is 0 Å². The Morgan fingerprint density at radius 1 is 1.03 bits per heavy atom. The number of hydrogen-bond donors (Lipinski definition) is 1. The Morgan fingerprint density at radius 3 is 2.31 bits per heavy atom. The molecular weight excluding hydrogens is 366 g/mol. The zero-order chi connectivity index (χ0) is 20.6. The van der Waals surface area contributed by atoms with E-state index in [1.807, 2.05) is 61.5 Å². The molecule has 2 aromatic rings. The molecule has 5 heteroatoms. The lowest BCUT2D eigenvalue weighted by Gasteiger charge is -2.54. The van der Waals surface area contributed by atoms with Gasteiger partial charge in [0, 0.05) is 10.8 Å². The molecule has 2 aliphatic carbocycles. The van der Waals surface area contributed by atoms with Gasteiger partial charge in [0.25, 0.3) is 0 Å². The second-order valence-electron chi connectivity index (χ2n) is 8.65. The number of carbonyl (C=O) groups is 1. The molecular formula is C24H27NO4. The molecule has 2 aromatic carbocycles. The Morgan fingerprint density at radius 2 is 1.69 bits per heavy atom. The van der Waals surface area contributed by atoms with Gasteiger partial charge in [-0.25, -0.2) is 0 Å². The fourth-order valence-corrected chi connectivity index (χ4v) is 5.86. The van der Waals surface area contributed by atoms with Crippen molar-refractivity contribution in [2.45, 2.75) is 56.1 Å². The minimum atomic E-state index is -1.22. The predicted octanol–water partition coefficient (Wildman–Crippen LogP) is 4.26. The van der Waals surface area contributed by atoms with Crippen LogP contribution in [0.2, 0.25) is 0 Å². The highest BCUT2D eigenvalue weighted by Gasteiger charge is 2.63. The van der Waals surface area contributed by atoms with Crippen LogP contribution in [0.3, 0.4) is 0 Å². The molecule has 29 heavy (non-hydrogen) atoms. The van der Waals surface area contributed by atoms with Crippen LogP contribution in [0.5, 0.6) is 0 Å². The number of benzene rings is 2. The fourth-order valence-electron chi connectivity index (χ4n) is 5.86. The topological polar surface area (TPSA) is 80.4 Å². The number of nitro groups is 1. The molecule has 0 saturated heterocycles. The Bertz CT molecular complexity index is 882. The number of rotatable bonds is 4.